The zero-order valence-electron chi connectivity index (χ0n) is 28.3. The Bertz CT molecular complexity index is 979. The van der Waals surface area contributed by atoms with Gasteiger partial charge in [0.25, 0.3) is 0 Å². The van der Waals surface area contributed by atoms with Gasteiger partial charge in [-0.15, -0.1) is 11.8 Å². The van der Waals surface area contributed by atoms with E-state index < -0.39 is 23.4 Å². The molecule has 0 heterocycles. The van der Waals surface area contributed by atoms with Crippen molar-refractivity contribution < 1.29 is 44.0 Å². The van der Waals surface area contributed by atoms with E-state index in [2.05, 4.69) is 13.2 Å². The van der Waals surface area contributed by atoms with Crippen LogP contribution in [0.4, 0.5) is 0 Å². The predicted octanol–water partition coefficient (Wildman–Crippen LogP) is 1.48. The highest BCUT2D eigenvalue weighted by molar-refractivity contribution is 8.00. The van der Waals surface area contributed by atoms with E-state index in [1.54, 1.807) is 28.2 Å². The lowest BCUT2D eigenvalue weighted by Gasteiger charge is -2.27. The number of carbonyl (C=O) groups excluding carboxylic acids is 4. The molecular weight excluding hydrogens is 616 g/mol. The number of rotatable bonds is 26. The first-order valence-electron chi connectivity index (χ1n) is 15.7. The van der Waals surface area contributed by atoms with Gasteiger partial charge in [-0.25, -0.2) is 0 Å². The van der Waals surface area contributed by atoms with E-state index in [1.165, 1.54) is 37.4 Å². The molecule has 0 aromatic heterocycles. The van der Waals surface area contributed by atoms with Gasteiger partial charge in [-0.05, 0) is 50.7 Å². The second kappa shape index (κ2) is 24.3. The van der Waals surface area contributed by atoms with E-state index in [-0.39, 0.29) is 61.4 Å². The van der Waals surface area contributed by atoms with Crippen LogP contribution >= 0.6 is 11.8 Å². The van der Waals surface area contributed by atoms with E-state index in [9.17, 15) is 34.2 Å². The molecule has 0 spiro atoms. The molecule has 0 aromatic carbocycles. The number of ether oxygens (including phenoxy) is 1. The third-order valence-electron chi connectivity index (χ3n) is 7.19. The van der Waals surface area contributed by atoms with Gasteiger partial charge < -0.3 is 39.7 Å². The van der Waals surface area contributed by atoms with Crippen molar-refractivity contribution >= 4 is 41.4 Å². The summed E-state index contributed by atoms with van der Waals surface area (Å²) in [5.41, 5.74) is 0. The molecule has 13 nitrogen and oxygen atoms in total. The van der Waals surface area contributed by atoms with Crippen LogP contribution in [-0.4, -0.2) is 155 Å². The Labute approximate surface area is 278 Å². The highest BCUT2D eigenvalue weighted by Crippen LogP contribution is 2.19. The van der Waals surface area contributed by atoms with Gasteiger partial charge in [0.05, 0.1) is 23.9 Å². The number of amides is 4. The summed E-state index contributed by atoms with van der Waals surface area (Å²) in [6, 6.07) is 0. The second-order valence-corrected chi connectivity index (χ2v) is 12.9. The van der Waals surface area contributed by atoms with Crippen molar-refractivity contribution in [1.82, 2.24) is 19.6 Å². The monoisotopic (exact) mass is 672 g/mol. The lowest BCUT2D eigenvalue weighted by Crippen LogP contribution is -2.40. The molecule has 46 heavy (non-hydrogen) atoms. The Morgan fingerprint density at radius 1 is 0.761 bits per heavy atom. The van der Waals surface area contributed by atoms with Gasteiger partial charge in [0, 0.05) is 79.3 Å². The minimum absolute atomic E-state index is 0.0221. The second-order valence-electron chi connectivity index (χ2n) is 11.6. The normalized spacial score (nSPS) is 13.5. The zero-order valence-corrected chi connectivity index (χ0v) is 29.1. The molecule has 0 bridgehead atoms. The maximum absolute atomic E-state index is 12.6. The summed E-state index contributed by atoms with van der Waals surface area (Å²) in [6.45, 7) is 10.3. The lowest BCUT2D eigenvalue weighted by atomic mass is 10.1. The minimum atomic E-state index is -0.947. The predicted molar refractivity (Wildman–Crippen MR) is 179 cm³/mol. The van der Waals surface area contributed by atoms with Crippen LogP contribution < -0.4 is 0 Å². The van der Waals surface area contributed by atoms with E-state index >= 15 is 0 Å². The summed E-state index contributed by atoms with van der Waals surface area (Å²) < 4.78 is 5.65. The first-order valence-corrected chi connectivity index (χ1v) is 16.7. The van der Waals surface area contributed by atoms with Gasteiger partial charge in [0.1, 0.15) is 0 Å². The van der Waals surface area contributed by atoms with Crippen LogP contribution in [0, 0.1) is 5.92 Å². The van der Waals surface area contributed by atoms with Crippen LogP contribution in [0.1, 0.15) is 51.9 Å². The molecule has 0 rings (SSSR count). The Morgan fingerprint density at radius 3 is 1.63 bits per heavy atom. The van der Waals surface area contributed by atoms with Crippen molar-refractivity contribution in [2.45, 2.75) is 69.3 Å². The van der Waals surface area contributed by atoms with Crippen LogP contribution in [0.25, 0.3) is 0 Å². The largest absolute Gasteiger partial charge is 0.481 e. The number of aliphatic carboxylic acids is 1. The molecule has 0 aliphatic rings. The van der Waals surface area contributed by atoms with Gasteiger partial charge in [-0.2, -0.15) is 0 Å². The van der Waals surface area contributed by atoms with Crippen molar-refractivity contribution in [2.24, 2.45) is 5.92 Å². The number of carboxylic acids is 1. The van der Waals surface area contributed by atoms with Crippen LogP contribution in [0.5, 0.6) is 0 Å². The fourth-order valence-corrected chi connectivity index (χ4v) is 5.72. The van der Waals surface area contributed by atoms with Crippen molar-refractivity contribution in [3.05, 3.63) is 25.3 Å². The molecule has 264 valence electrons. The molecule has 0 saturated heterocycles. The third kappa shape index (κ3) is 18.9. The van der Waals surface area contributed by atoms with Gasteiger partial charge in [-0.3, -0.25) is 24.0 Å². The number of hydrogen-bond donors (Lipinski definition) is 3. The highest BCUT2D eigenvalue weighted by atomic mass is 32.2. The molecule has 4 amide bonds. The molecule has 0 aliphatic heterocycles. The van der Waals surface area contributed by atoms with Crippen molar-refractivity contribution in [2.75, 3.05) is 73.3 Å². The van der Waals surface area contributed by atoms with Crippen molar-refractivity contribution in [3.8, 4) is 0 Å². The molecule has 0 aliphatic carbocycles. The molecule has 4 unspecified atom stereocenters. The van der Waals surface area contributed by atoms with Crippen LogP contribution in [0.2, 0.25) is 0 Å². The summed E-state index contributed by atoms with van der Waals surface area (Å²) in [4.78, 5) is 66.1. The molecule has 0 fully saturated rings. The van der Waals surface area contributed by atoms with Gasteiger partial charge in [0.15, 0.2) is 0 Å². The highest BCUT2D eigenvalue weighted by Gasteiger charge is 2.24. The topological polar surface area (TPSA) is 168 Å². The lowest BCUT2D eigenvalue weighted by molar-refractivity contribution is -0.136. The first-order chi connectivity index (χ1) is 21.6. The number of nitrogens with zero attached hydrogens (tertiary/aromatic N) is 4. The number of aliphatic hydroxyl groups excluding tert-OH is 2. The molecule has 0 aromatic rings. The quantitative estimate of drug-likeness (QED) is 0.0905. The first kappa shape index (κ1) is 43.1. The summed E-state index contributed by atoms with van der Waals surface area (Å²) in [5, 5.41) is 29.4. The standard InChI is InChI=1S/C32H56N4O9S/c1-8-28(39)35(17-14-24(3)31(43)33(4)5)22-25(37)12-10-19-45-20-11-13-26(38)23-36(29(40)9-2)18-15-27(32(44)34(6)7)46-21-16-30(41)42/h8-9,24-27,37-38H,1-2,10-23H2,3-7H3,(H,41,42). The Balaban J connectivity index is 4.58. The van der Waals surface area contributed by atoms with E-state index in [0.29, 0.717) is 58.3 Å². The van der Waals surface area contributed by atoms with Crippen LogP contribution in [0.3, 0.4) is 0 Å². The maximum Gasteiger partial charge on any atom is 0.304 e. The summed E-state index contributed by atoms with van der Waals surface area (Å²) in [5.74, 6) is -1.80. The summed E-state index contributed by atoms with van der Waals surface area (Å²) in [6.07, 6.45) is 3.38. The molecule has 0 saturated carbocycles. The Hall–Kier alpha value is -2.94. The summed E-state index contributed by atoms with van der Waals surface area (Å²) >= 11 is 1.24. The van der Waals surface area contributed by atoms with Crippen molar-refractivity contribution in [1.29, 1.82) is 0 Å². The van der Waals surface area contributed by atoms with E-state index in [1.807, 2.05) is 6.92 Å². The van der Waals surface area contributed by atoms with E-state index in [0.717, 1.165) is 6.08 Å². The van der Waals surface area contributed by atoms with Gasteiger partial charge in [0.2, 0.25) is 23.6 Å². The summed E-state index contributed by atoms with van der Waals surface area (Å²) in [7, 11) is 6.61. The average Bonchev–Trinajstić information content (AvgIpc) is 3.01. The smallest absolute Gasteiger partial charge is 0.304 e. The minimum Gasteiger partial charge on any atom is -0.481 e. The molecular formula is C32H56N4O9S. The number of carboxylic acid groups (broad SMARTS) is 1. The van der Waals surface area contributed by atoms with Crippen LogP contribution in [-0.2, 0) is 28.7 Å². The number of carbonyl (C=O) groups is 5. The van der Waals surface area contributed by atoms with Gasteiger partial charge >= 0.3 is 5.97 Å². The Morgan fingerprint density at radius 2 is 1.22 bits per heavy atom. The number of hydrogen-bond acceptors (Lipinski definition) is 9. The average molecular weight is 673 g/mol. The molecule has 0 radical (unpaired) electrons. The molecule has 14 heteroatoms. The zero-order chi connectivity index (χ0) is 35.2. The number of aliphatic hydroxyl groups is 2. The molecule has 3 N–H and O–H groups in total. The maximum atomic E-state index is 12.6. The molecule has 4 atom stereocenters. The third-order valence-corrected chi connectivity index (χ3v) is 8.47. The van der Waals surface area contributed by atoms with E-state index in [4.69, 9.17) is 9.84 Å². The van der Waals surface area contributed by atoms with Gasteiger partial charge in [-0.1, -0.05) is 20.1 Å². The Kier molecular flexibility index (Phi) is 22.7. The van der Waals surface area contributed by atoms with Crippen LogP contribution in [0.15, 0.2) is 25.3 Å². The number of thioether (sulfide) groups is 1. The van der Waals surface area contributed by atoms with Crippen molar-refractivity contribution in [3.63, 3.8) is 0 Å². The SMILES string of the molecule is C=CC(=O)N(CCC(C)C(=O)N(C)C)CC(O)CCCOCCCC(O)CN(CCC(SCCC(=O)O)C(=O)N(C)C)C(=O)C=C. The fourth-order valence-electron chi connectivity index (χ4n) is 4.52. The fraction of sp³-hybridized carbons (Fsp3) is 0.719.